The topological polar surface area (TPSA) is 46.5 Å². The molecule has 0 spiro atoms. The quantitative estimate of drug-likeness (QED) is 0.832. The van der Waals surface area contributed by atoms with E-state index in [2.05, 4.69) is 0 Å². The highest BCUT2D eigenvalue weighted by Crippen LogP contribution is 2.30. The Morgan fingerprint density at radius 2 is 1.89 bits per heavy atom. The molecule has 0 saturated heterocycles. The van der Waals surface area contributed by atoms with Gasteiger partial charge in [0.05, 0.1) is 12.7 Å². The first-order chi connectivity index (χ1) is 8.32. The van der Waals surface area contributed by atoms with Crippen molar-refractivity contribution < 1.29 is 27.8 Å². The molecule has 1 N–H and O–H groups in total. The summed E-state index contributed by atoms with van der Waals surface area (Å²) in [6.45, 7) is 0.932. The molecule has 1 saturated carbocycles. The van der Waals surface area contributed by atoms with E-state index in [1.54, 1.807) is 6.92 Å². The van der Waals surface area contributed by atoms with E-state index in [0.717, 1.165) is 32.1 Å². The molecule has 18 heavy (non-hydrogen) atoms. The zero-order valence-electron chi connectivity index (χ0n) is 10.4. The third-order valence-electron chi connectivity index (χ3n) is 3.53. The molecule has 1 aliphatic carbocycles. The van der Waals surface area contributed by atoms with Crippen LogP contribution in [0.25, 0.3) is 0 Å². The van der Waals surface area contributed by atoms with Crippen LogP contribution in [-0.4, -0.2) is 30.0 Å². The van der Waals surface area contributed by atoms with Gasteiger partial charge in [-0.15, -0.1) is 0 Å². The van der Waals surface area contributed by atoms with Gasteiger partial charge in [0, 0.05) is 0 Å². The average Bonchev–Trinajstić information content (AvgIpc) is 2.28. The summed E-state index contributed by atoms with van der Waals surface area (Å²) in [7, 11) is 0. The molecule has 1 fully saturated rings. The summed E-state index contributed by atoms with van der Waals surface area (Å²) < 4.78 is 42.3. The SMILES string of the molecule is CC(OCC(C(=O)O)C(F)(F)F)C1CCCCC1. The molecule has 0 aromatic carbocycles. The molecule has 1 aliphatic rings. The fourth-order valence-corrected chi connectivity index (χ4v) is 2.29. The first kappa shape index (κ1) is 15.3. The highest BCUT2D eigenvalue weighted by atomic mass is 19.4. The number of hydrogen-bond donors (Lipinski definition) is 1. The number of carboxylic acids is 1. The summed E-state index contributed by atoms with van der Waals surface area (Å²) in [5.41, 5.74) is 0. The number of rotatable bonds is 5. The molecule has 0 aromatic rings. The molecule has 0 amide bonds. The summed E-state index contributed by atoms with van der Waals surface area (Å²) in [6, 6.07) is 0. The number of ether oxygens (including phenoxy) is 1. The summed E-state index contributed by atoms with van der Waals surface area (Å²) in [6.07, 6.45) is 0.131. The largest absolute Gasteiger partial charge is 0.481 e. The van der Waals surface area contributed by atoms with Gasteiger partial charge in [0.15, 0.2) is 5.92 Å². The monoisotopic (exact) mass is 268 g/mol. The first-order valence-corrected chi connectivity index (χ1v) is 6.23. The Hall–Kier alpha value is -0.780. The zero-order chi connectivity index (χ0) is 13.8. The van der Waals surface area contributed by atoms with Crippen LogP contribution in [0, 0.1) is 11.8 Å². The molecule has 106 valence electrons. The highest BCUT2D eigenvalue weighted by Gasteiger charge is 2.45. The number of halogens is 3. The fraction of sp³-hybridized carbons (Fsp3) is 0.917. The van der Waals surface area contributed by atoms with Crippen LogP contribution in [0.4, 0.5) is 13.2 Å². The number of carboxylic acid groups (broad SMARTS) is 1. The van der Waals surface area contributed by atoms with Gasteiger partial charge in [0.2, 0.25) is 0 Å². The van der Waals surface area contributed by atoms with Gasteiger partial charge in [-0.25, -0.2) is 0 Å². The van der Waals surface area contributed by atoms with Crippen LogP contribution in [0.5, 0.6) is 0 Å². The van der Waals surface area contributed by atoms with Crippen molar-refractivity contribution in [1.29, 1.82) is 0 Å². The van der Waals surface area contributed by atoms with Crippen molar-refractivity contribution in [1.82, 2.24) is 0 Å². The van der Waals surface area contributed by atoms with Crippen LogP contribution >= 0.6 is 0 Å². The van der Waals surface area contributed by atoms with E-state index < -0.39 is 24.7 Å². The standard InChI is InChI=1S/C12H19F3O3/c1-8(9-5-3-2-4-6-9)18-7-10(11(16)17)12(13,14)15/h8-10H,2-7H2,1H3,(H,16,17). The third-order valence-corrected chi connectivity index (χ3v) is 3.53. The summed E-state index contributed by atoms with van der Waals surface area (Å²) in [5.74, 6) is -4.05. The van der Waals surface area contributed by atoms with Crippen molar-refractivity contribution in [2.75, 3.05) is 6.61 Å². The van der Waals surface area contributed by atoms with Crippen LogP contribution in [-0.2, 0) is 9.53 Å². The molecule has 2 atom stereocenters. The van der Waals surface area contributed by atoms with E-state index in [4.69, 9.17) is 9.84 Å². The Bertz CT molecular complexity index is 272. The Labute approximate surface area is 104 Å². The maximum Gasteiger partial charge on any atom is 0.404 e. The summed E-state index contributed by atoms with van der Waals surface area (Å²) in [4.78, 5) is 10.5. The van der Waals surface area contributed by atoms with E-state index in [1.807, 2.05) is 0 Å². The smallest absolute Gasteiger partial charge is 0.404 e. The van der Waals surface area contributed by atoms with Gasteiger partial charge in [-0.2, -0.15) is 13.2 Å². The lowest BCUT2D eigenvalue weighted by molar-refractivity contribution is -0.206. The second-order valence-corrected chi connectivity index (χ2v) is 4.87. The van der Waals surface area contributed by atoms with Crippen LogP contribution in [0.3, 0.4) is 0 Å². The van der Waals surface area contributed by atoms with Crippen molar-refractivity contribution in [3.8, 4) is 0 Å². The van der Waals surface area contributed by atoms with Crippen molar-refractivity contribution in [3.05, 3.63) is 0 Å². The minimum Gasteiger partial charge on any atom is -0.481 e. The maximum absolute atomic E-state index is 12.4. The first-order valence-electron chi connectivity index (χ1n) is 6.23. The highest BCUT2D eigenvalue weighted by molar-refractivity contribution is 5.71. The Balaban J connectivity index is 2.44. The van der Waals surface area contributed by atoms with Gasteiger partial charge >= 0.3 is 12.1 Å². The molecule has 2 unspecified atom stereocenters. The van der Waals surface area contributed by atoms with E-state index in [1.165, 1.54) is 0 Å². The van der Waals surface area contributed by atoms with E-state index in [-0.39, 0.29) is 12.0 Å². The maximum atomic E-state index is 12.4. The van der Waals surface area contributed by atoms with Gasteiger partial charge in [0.25, 0.3) is 0 Å². The molecule has 0 aromatic heterocycles. The Morgan fingerprint density at radius 3 is 2.33 bits per heavy atom. The van der Waals surface area contributed by atoms with Gasteiger partial charge < -0.3 is 9.84 Å². The van der Waals surface area contributed by atoms with E-state index in [0.29, 0.717) is 0 Å². The predicted molar refractivity (Wildman–Crippen MR) is 59.2 cm³/mol. The van der Waals surface area contributed by atoms with Gasteiger partial charge in [0.1, 0.15) is 0 Å². The van der Waals surface area contributed by atoms with Crippen LogP contribution in [0.2, 0.25) is 0 Å². The van der Waals surface area contributed by atoms with Gasteiger partial charge in [-0.1, -0.05) is 19.3 Å². The average molecular weight is 268 g/mol. The zero-order valence-corrected chi connectivity index (χ0v) is 10.4. The minimum absolute atomic E-state index is 0.251. The van der Waals surface area contributed by atoms with Crippen molar-refractivity contribution >= 4 is 5.97 Å². The van der Waals surface area contributed by atoms with Gasteiger partial charge in [-0.3, -0.25) is 4.79 Å². The van der Waals surface area contributed by atoms with Crippen LogP contribution in [0.1, 0.15) is 39.0 Å². The molecule has 0 aliphatic heterocycles. The normalized spacial score (nSPS) is 21.6. The molecule has 0 radical (unpaired) electrons. The number of alkyl halides is 3. The number of hydrogen-bond acceptors (Lipinski definition) is 2. The molecule has 3 nitrogen and oxygen atoms in total. The summed E-state index contributed by atoms with van der Waals surface area (Å²) >= 11 is 0. The molecular weight excluding hydrogens is 249 g/mol. The summed E-state index contributed by atoms with van der Waals surface area (Å²) in [5, 5.41) is 8.53. The molecule has 0 heterocycles. The predicted octanol–water partition coefficient (Wildman–Crippen LogP) is 3.23. The van der Waals surface area contributed by atoms with E-state index in [9.17, 15) is 18.0 Å². The third kappa shape index (κ3) is 4.48. The molecular formula is C12H19F3O3. The Morgan fingerprint density at radius 1 is 1.33 bits per heavy atom. The van der Waals surface area contributed by atoms with Crippen molar-refractivity contribution in [2.24, 2.45) is 11.8 Å². The van der Waals surface area contributed by atoms with Crippen molar-refractivity contribution in [2.45, 2.75) is 51.3 Å². The molecule has 6 heteroatoms. The fourth-order valence-electron chi connectivity index (χ4n) is 2.29. The van der Waals surface area contributed by atoms with Crippen LogP contribution < -0.4 is 0 Å². The lowest BCUT2D eigenvalue weighted by Gasteiger charge is -2.28. The van der Waals surface area contributed by atoms with Crippen LogP contribution in [0.15, 0.2) is 0 Å². The number of carbonyl (C=O) groups is 1. The van der Waals surface area contributed by atoms with E-state index >= 15 is 0 Å². The minimum atomic E-state index is -4.75. The number of aliphatic carboxylic acids is 1. The molecule has 0 bridgehead atoms. The van der Waals surface area contributed by atoms with Crippen molar-refractivity contribution in [3.63, 3.8) is 0 Å². The van der Waals surface area contributed by atoms with Gasteiger partial charge in [-0.05, 0) is 25.7 Å². The lowest BCUT2D eigenvalue weighted by Crippen LogP contribution is -2.36. The molecule has 1 rings (SSSR count). The lowest BCUT2D eigenvalue weighted by atomic mass is 9.86. The second kappa shape index (κ2) is 6.41. The Kier molecular flexibility index (Phi) is 5.44. The second-order valence-electron chi connectivity index (χ2n) is 4.87.